The van der Waals surface area contributed by atoms with Crippen LogP contribution in [0.2, 0.25) is 0 Å². The van der Waals surface area contributed by atoms with Crippen LogP contribution in [0, 0.1) is 6.92 Å². The van der Waals surface area contributed by atoms with Gasteiger partial charge in [-0.2, -0.15) is 0 Å². The van der Waals surface area contributed by atoms with Crippen LogP contribution in [0.1, 0.15) is 112 Å². The number of aromatic nitrogens is 3. The zero-order valence-corrected chi connectivity index (χ0v) is 40.9. The van der Waals surface area contributed by atoms with Gasteiger partial charge in [-0.1, -0.05) is 178 Å². The second kappa shape index (κ2) is 17.6. The average Bonchev–Trinajstić information content (AvgIpc) is 3.71. The number of nitrogens with zero attached hydrogens (tertiary/aromatic N) is 3. The van der Waals surface area contributed by atoms with Crippen LogP contribution in [0.5, 0.6) is 5.75 Å². The van der Waals surface area contributed by atoms with E-state index >= 15 is 0 Å². The molecule has 1 N–H and O–H groups in total. The molecule has 0 saturated carbocycles. The van der Waals surface area contributed by atoms with E-state index in [0.29, 0.717) is 39.3 Å². The van der Waals surface area contributed by atoms with E-state index in [1.807, 2.05) is 54.6 Å². The zero-order chi connectivity index (χ0) is 49.1. The highest BCUT2D eigenvalue weighted by atomic mass is 16.3. The van der Waals surface area contributed by atoms with Gasteiger partial charge in [-0.15, -0.1) is 0 Å². The van der Waals surface area contributed by atoms with Gasteiger partial charge in [0, 0.05) is 22.9 Å². The van der Waals surface area contributed by atoms with Crippen molar-refractivity contribution in [2.24, 2.45) is 0 Å². The Labute approximate surface area is 400 Å². The molecule has 4 heteroatoms. The summed E-state index contributed by atoms with van der Waals surface area (Å²) in [6, 6.07) is 50.5. The first-order valence-corrected chi connectivity index (χ1v) is 23.7. The van der Waals surface area contributed by atoms with E-state index < -0.39 is 0 Å². The number of aryl methyl sites for hydroxylation is 1. The Bertz CT molecular complexity index is 3340. The summed E-state index contributed by atoms with van der Waals surface area (Å²) in [5.41, 5.74) is 16.4. The number of imidazole rings is 1. The standard InChI is InChI=1S/C63H63N3O/c1-39(2)52-34-47(43-21-16-13-17-22-43)35-53(40(3)4)59(52)66-57-24-18-23-51(58(57)65-61(66)54-37-50(62(6,7)8)38-55(60(54)67)63(9,10)11)48-31-46(42-19-14-12-15-20-42)32-49(33-48)56-36-45(29-30-64-56)44-27-25-41(5)26-28-44/h12-40,67H,1-11H3/i31D,32D. The molecule has 0 bridgehead atoms. The third-order valence-corrected chi connectivity index (χ3v) is 13.0. The first-order chi connectivity index (χ1) is 32.8. The Morgan fingerprint density at radius 1 is 0.537 bits per heavy atom. The van der Waals surface area contributed by atoms with Crippen molar-refractivity contribution in [2.45, 2.75) is 98.8 Å². The molecular formula is C63H63N3O. The molecule has 0 spiro atoms. The summed E-state index contributed by atoms with van der Waals surface area (Å²) < 4.78 is 22.2. The molecule has 0 aliphatic heterocycles. The SMILES string of the molecule is [2H]c1c(-c2cc(-c3ccc(C)cc3)ccn2)cc(-c2cccc3c2nc(-c2cc(C(C)(C)C)cc(C(C)(C)C)c2O)n3-c2c(C(C)C)cc(-c3ccccc3)cc2C(C)C)c([2H])c1-c1ccccc1. The third-order valence-electron chi connectivity index (χ3n) is 13.0. The smallest absolute Gasteiger partial charge is 0.149 e. The molecule has 9 aromatic rings. The van der Waals surface area contributed by atoms with Gasteiger partial charge < -0.3 is 5.11 Å². The van der Waals surface area contributed by atoms with Gasteiger partial charge in [-0.3, -0.25) is 9.55 Å². The van der Waals surface area contributed by atoms with Crippen LogP contribution >= 0.6 is 0 Å². The van der Waals surface area contributed by atoms with E-state index in [2.05, 4.69) is 172 Å². The molecule has 2 heterocycles. The van der Waals surface area contributed by atoms with Crippen LogP contribution in [0.3, 0.4) is 0 Å². The van der Waals surface area contributed by atoms with Crippen LogP contribution in [0.4, 0.5) is 0 Å². The molecule has 2 aromatic heterocycles. The Morgan fingerprint density at radius 3 is 1.73 bits per heavy atom. The number of benzene rings is 7. The third kappa shape index (κ3) is 8.86. The predicted molar refractivity (Wildman–Crippen MR) is 283 cm³/mol. The van der Waals surface area contributed by atoms with Crippen molar-refractivity contribution in [3.8, 4) is 78.6 Å². The van der Waals surface area contributed by atoms with Crippen molar-refractivity contribution in [3.63, 3.8) is 0 Å². The van der Waals surface area contributed by atoms with Gasteiger partial charge in [0.05, 0.1) is 30.7 Å². The van der Waals surface area contributed by atoms with Crippen LogP contribution in [0.25, 0.3) is 83.9 Å². The summed E-state index contributed by atoms with van der Waals surface area (Å²) in [6.07, 6.45) is 1.81. The molecule has 67 heavy (non-hydrogen) atoms. The lowest BCUT2D eigenvalue weighted by atomic mass is 9.78. The Hall–Kier alpha value is -7.04. The van der Waals surface area contributed by atoms with Crippen LogP contribution in [-0.4, -0.2) is 19.6 Å². The second-order valence-corrected chi connectivity index (χ2v) is 20.8. The lowest BCUT2D eigenvalue weighted by Crippen LogP contribution is -2.17. The van der Waals surface area contributed by atoms with Gasteiger partial charge >= 0.3 is 0 Å². The minimum Gasteiger partial charge on any atom is -0.507 e. The highest BCUT2D eigenvalue weighted by molar-refractivity contribution is 5.98. The summed E-state index contributed by atoms with van der Waals surface area (Å²) in [4.78, 5) is 10.6. The number of aromatic hydroxyl groups is 1. The molecule has 0 aliphatic carbocycles. The maximum Gasteiger partial charge on any atom is 0.149 e. The van der Waals surface area contributed by atoms with Gasteiger partial charge in [0.15, 0.2) is 0 Å². The molecule has 0 radical (unpaired) electrons. The number of rotatable bonds is 9. The highest BCUT2D eigenvalue weighted by Gasteiger charge is 2.31. The largest absolute Gasteiger partial charge is 0.507 e. The van der Waals surface area contributed by atoms with Crippen molar-refractivity contribution in [2.75, 3.05) is 0 Å². The van der Waals surface area contributed by atoms with E-state index in [1.54, 1.807) is 6.20 Å². The van der Waals surface area contributed by atoms with Crippen molar-refractivity contribution in [3.05, 3.63) is 192 Å². The summed E-state index contributed by atoms with van der Waals surface area (Å²) in [5.74, 6) is 1.08. The van der Waals surface area contributed by atoms with Crippen molar-refractivity contribution in [1.82, 2.24) is 14.5 Å². The average molecular weight is 880 g/mol. The van der Waals surface area contributed by atoms with Crippen molar-refractivity contribution in [1.29, 1.82) is 0 Å². The molecule has 0 saturated heterocycles. The Morgan fingerprint density at radius 2 is 1.13 bits per heavy atom. The predicted octanol–water partition coefficient (Wildman–Crippen LogP) is 17.3. The van der Waals surface area contributed by atoms with Crippen LogP contribution < -0.4 is 0 Å². The number of phenolic OH excluding ortho intramolecular Hbond substituents is 1. The summed E-state index contributed by atoms with van der Waals surface area (Å²) in [6.45, 7) is 24.2. The highest BCUT2D eigenvalue weighted by Crippen LogP contribution is 2.47. The molecule has 4 nitrogen and oxygen atoms in total. The van der Waals surface area contributed by atoms with Gasteiger partial charge in [0.2, 0.25) is 0 Å². The summed E-state index contributed by atoms with van der Waals surface area (Å²) >= 11 is 0. The summed E-state index contributed by atoms with van der Waals surface area (Å²) in [7, 11) is 0. The monoisotopic (exact) mass is 880 g/mol. The van der Waals surface area contributed by atoms with E-state index in [1.165, 1.54) is 16.7 Å². The molecule has 9 rings (SSSR count). The number of hydrogen-bond acceptors (Lipinski definition) is 3. The Kier molecular flexibility index (Phi) is 11.2. The van der Waals surface area contributed by atoms with Gasteiger partial charge in [-0.05, 0) is 140 Å². The molecule has 0 fully saturated rings. The van der Waals surface area contributed by atoms with E-state index in [0.717, 1.165) is 55.7 Å². The molecule has 0 aliphatic rings. The van der Waals surface area contributed by atoms with Crippen LogP contribution in [-0.2, 0) is 10.8 Å². The minimum atomic E-state index is -0.376. The van der Waals surface area contributed by atoms with E-state index in [4.69, 9.17) is 9.97 Å². The molecule has 0 unspecified atom stereocenters. The molecule has 336 valence electrons. The number of hydrogen-bond donors (Lipinski definition) is 1. The minimum absolute atomic E-state index is 0.123. The number of phenols is 1. The first-order valence-electron chi connectivity index (χ1n) is 24.7. The zero-order valence-electron chi connectivity index (χ0n) is 42.9. The number of pyridine rings is 1. The molecular weight excluding hydrogens is 815 g/mol. The maximum absolute atomic E-state index is 12.7. The van der Waals surface area contributed by atoms with Gasteiger partial charge in [0.1, 0.15) is 11.6 Å². The van der Waals surface area contributed by atoms with Crippen LogP contribution in [0.15, 0.2) is 164 Å². The first kappa shape index (κ1) is 42.6. The fraction of sp³-hybridized carbons (Fsp3) is 0.238. The number of fused-ring (bicyclic) bond motifs is 1. The van der Waals surface area contributed by atoms with Crippen molar-refractivity contribution >= 4 is 11.0 Å². The lowest BCUT2D eigenvalue weighted by molar-refractivity contribution is 0.446. The van der Waals surface area contributed by atoms with E-state index in [9.17, 15) is 7.85 Å². The topological polar surface area (TPSA) is 50.9 Å². The molecule has 7 aromatic carbocycles. The Balaban J connectivity index is 1.41. The quantitative estimate of drug-likeness (QED) is 0.157. The molecule has 0 amide bonds. The van der Waals surface area contributed by atoms with Crippen molar-refractivity contribution < 1.29 is 7.85 Å². The number of para-hydroxylation sites is 1. The van der Waals surface area contributed by atoms with Gasteiger partial charge in [0.25, 0.3) is 0 Å². The fourth-order valence-corrected chi connectivity index (χ4v) is 9.20. The maximum atomic E-state index is 12.7. The second-order valence-electron chi connectivity index (χ2n) is 20.8. The normalized spacial score (nSPS) is 12.6. The fourth-order valence-electron chi connectivity index (χ4n) is 9.20. The lowest BCUT2D eigenvalue weighted by Gasteiger charge is -2.28. The van der Waals surface area contributed by atoms with E-state index in [-0.39, 0.29) is 40.5 Å². The van der Waals surface area contributed by atoms with Gasteiger partial charge in [-0.25, -0.2) is 4.98 Å². The molecule has 0 atom stereocenters. The summed E-state index contributed by atoms with van der Waals surface area (Å²) in [5, 5.41) is 12.7.